The van der Waals surface area contributed by atoms with Crippen molar-refractivity contribution in [1.82, 2.24) is 10.6 Å². The van der Waals surface area contributed by atoms with Crippen LogP contribution in [0.15, 0.2) is 0 Å². The summed E-state index contributed by atoms with van der Waals surface area (Å²) in [4.78, 5) is 0. The van der Waals surface area contributed by atoms with E-state index in [2.05, 4.69) is 24.5 Å². The van der Waals surface area contributed by atoms with Gasteiger partial charge in [0.1, 0.15) is 0 Å². The minimum absolute atomic E-state index is 0.466. The van der Waals surface area contributed by atoms with E-state index in [4.69, 9.17) is 4.74 Å². The molecule has 2 N–H and O–H groups in total. The highest BCUT2D eigenvalue weighted by Crippen LogP contribution is 2.41. The number of hydrogen-bond donors (Lipinski definition) is 2. The van der Waals surface area contributed by atoms with Gasteiger partial charge in [0.2, 0.25) is 0 Å². The molecule has 0 aromatic rings. The molecule has 2 fully saturated rings. The summed E-state index contributed by atoms with van der Waals surface area (Å²) in [6, 6.07) is 0.506. The third kappa shape index (κ3) is 3.19. The molecule has 3 nitrogen and oxygen atoms in total. The van der Waals surface area contributed by atoms with Gasteiger partial charge in [-0.05, 0) is 24.2 Å². The fourth-order valence-corrected chi connectivity index (χ4v) is 2.65. The Balaban J connectivity index is 1.62. The maximum atomic E-state index is 5.44. The van der Waals surface area contributed by atoms with Gasteiger partial charge in [-0.3, -0.25) is 0 Å². The Hall–Kier alpha value is -0.120. The van der Waals surface area contributed by atoms with Crippen molar-refractivity contribution in [2.45, 2.75) is 39.2 Å². The van der Waals surface area contributed by atoms with E-state index in [-0.39, 0.29) is 0 Å². The van der Waals surface area contributed by atoms with Crippen LogP contribution in [0.5, 0.6) is 0 Å². The smallest absolute Gasteiger partial charge is 0.0632 e. The minimum Gasteiger partial charge on any atom is -0.378 e. The highest BCUT2D eigenvalue weighted by atomic mass is 16.5. The number of nitrogens with one attached hydrogen (secondary N) is 2. The Bertz CT molecular complexity index is 208. The van der Waals surface area contributed by atoms with E-state index in [0.717, 1.165) is 38.8 Å². The second kappa shape index (κ2) is 5.48. The van der Waals surface area contributed by atoms with E-state index in [1.165, 1.54) is 19.3 Å². The van der Waals surface area contributed by atoms with Crippen LogP contribution in [0.25, 0.3) is 0 Å². The number of rotatable bonds is 5. The van der Waals surface area contributed by atoms with E-state index in [1.807, 2.05) is 0 Å². The second-order valence-corrected chi connectivity index (χ2v) is 5.97. The first-order valence-electron chi connectivity index (χ1n) is 6.70. The second-order valence-electron chi connectivity index (χ2n) is 5.97. The predicted molar refractivity (Wildman–Crippen MR) is 66.6 cm³/mol. The maximum absolute atomic E-state index is 5.44. The van der Waals surface area contributed by atoms with Gasteiger partial charge < -0.3 is 15.4 Å². The molecule has 1 aliphatic carbocycles. The van der Waals surface area contributed by atoms with E-state index >= 15 is 0 Å². The summed E-state index contributed by atoms with van der Waals surface area (Å²) in [5.41, 5.74) is 0.466. The zero-order chi connectivity index (χ0) is 11.4. The van der Waals surface area contributed by atoms with E-state index < -0.39 is 0 Å². The minimum atomic E-state index is 0.466. The molecule has 16 heavy (non-hydrogen) atoms. The van der Waals surface area contributed by atoms with Crippen molar-refractivity contribution >= 4 is 0 Å². The molecular formula is C13H26N2O. The van der Waals surface area contributed by atoms with Crippen LogP contribution in [0.3, 0.4) is 0 Å². The monoisotopic (exact) mass is 226 g/mol. The molecule has 0 spiro atoms. The average molecular weight is 226 g/mol. The van der Waals surface area contributed by atoms with Crippen LogP contribution in [-0.2, 0) is 4.74 Å². The van der Waals surface area contributed by atoms with Gasteiger partial charge in [0.25, 0.3) is 0 Å². The Morgan fingerprint density at radius 1 is 1.38 bits per heavy atom. The van der Waals surface area contributed by atoms with Crippen LogP contribution in [-0.4, -0.2) is 38.9 Å². The van der Waals surface area contributed by atoms with Gasteiger partial charge in [-0.1, -0.05) is 20.3 Å². The van der Waals surface area contributed by atoms with Gasteiger partial charge in [0, 0.05) is 25.7 Å². The molecule has 1 unspecified atom stereocenters. The Labute approximate surface area is 99.3 Å². The van der Waals surface area contributed by atoms with Crippen LogP contribution < -0.4 is 10.6 Å². The lowest BCUT2D eigenvalue weighted by Crippen LogP contribution is -2.49. The molecule has 0 aromatic heterocycles. The fraction of sp³-hybridized carbons (Fsp3) is 1.00. The Morgan fingerprint density at radius 3 is 2.75 bits per heavy atom. The summed E-state index contributed by atoms with van der Waals surface area (Å²) < 4.78 is 5.44. The van der Waals surface area contributed by atoms with Gasteiger partial charge in [-0.15, -0.1) is 0 Å². The van der Waals surface area contributed by atoms with Crippen LogP contribution in [0.1, 0.15) is 33.1 Å². The SMILES string of the molecule is CC(C)(CNCC1COCCN1)C1CCC1. The third-order valence-electron chi connectivity index (χ3n) is 4.18. The average Bonchev–Trinajstić information content (AvgIpc) is 2.15. The molecule has 1 heterocycles. The zero-order valence-corrected chi connectivity index (χ0v) is 10.7. The fourth-order valence-electron chi connectivity index (χ4n) is 2.65. The molecule has 0 amide bonds. The summed E-state index contributed by atoms with van der Waals surface area (Å²) in [5.74, 6) is 0.940. The predicted octanol–water partition coefficient (Wildman–Crippen LogP) is 1.39. The molecule has 1 atom stereocenters. The molecule has 1 saturated heterocycles. The summed E-state index contributed by atoms with van der Waals surface area (Å²) in [6.45, 7) is 9.69. The standard InChI is InChI=1S/C13H26N2O/c1-13(2,11-4-3-5-11)10-14-8-12-9-16-7-6-15-12/h11-12,14-15H,3-10H2,1-2H3. The van der Waals surface area contributed by atoms with E-state index in [9.17, 15) is 0 Å². The summed E-state index contributed by atoms with van der Waals surface area (Å²) in [7, 11) is 0. The first kappa shape index (κ1) is 12.3. The first-order chi connectivity index (χ1) is 7.68. The van der Waals surface area contributed by atoms with Crippen molar-refractivity contribution < 1.29 is 4.74 Å². The number of hydrogen-bond acceptors (Lipinski definition) is 3. The maximum Gasteiger partial charge on any atom is 0.0632 e. The molecule has 2 aliphatic rings. The summed E-state index contributed by atoms with van der Waals surface area (Å²) in [5, 5.41) is 7.08. The quantitative estimate of drug-likeness (QED) is 0.743. The van der Waals surface area contributed by atoms with Gasteiger partial charge in [0.05, 0.1) is 13.2 Å². The lowest BCUT2D eigenvalue weighted by molar-refractivity contribution is 0.0723. The molecule has 3 heteroatoms. The topological polar surface area (TPSA) is 33.3 Å². The summed E-state index contributed by atoms with van der Waals surface area (Å²) in [6.07, 6.45) is 4.30. The van der Waals surface area contributed by atoms with Crippen molar-refractivity contribution in [3.05, 3.63) is 0 Å². The van der Waals surface area contributed by atoms with Gasteiger partial charge in [-0.2, -0.15) is 0 Å². The number of ether oxygens (including phenoxy) is 1. The van der Waals surface area contributed by atoms with Crippen LogP contribution >= 0.6 is 0 Å². The molecule has 94 valence electrons. The van der Waals surface area contributed by atoms with Crippen LogP contribution in [0.4, 0.5) is 0 Å². The molecule has 0 bridgehead atoms. The molecule has 0 radical (unpaired) electrons. The molecule has 2 rings (SSSR count). The van der Waals surface area contributed by atoms with Crippen molar-refractivity contribution in [2.75, 3.05) is 32.8 Å². The zero-order valence-electron chi connectivity index (χ0n) is 10.7. The van der Waals surface area contributed by atoms with Gasteiger partial charge >= 0.3 is 0 Å². The highest BCUT2D eigenvalue weighted by molar-refractivity contribution is 4.86. The van der Waals surface area contributed by atoms with Crippen molar-refractivity contribution in [1.29, 1.82) is 0 Å². The lowest BCUT2D eigenvalue weighted by Gasteiger charge is -2.41. The summed E-state index contributed by atoms with van der Waals surface area (Å²) >= 11 is 0. The molecule has 0 aromatic carbocycles. The number of morpholine rings is 1. The lowest BCUT2D eigenvalue weighted by atomic mass is 9.67. The van der Waals surface area contributed by atoms with E-state index in [0.29, 0.717) is 11.5 Å². The van der Waals surface area contributed by atoms with Crippen LogP contribution in [0, 0.1) is 11.3 Å². The Kier molecular flexibility index (Phi) is 4.22. The van der Waals surface area contributed by atoms with E-state index in [1.54, 1.807) is 0 Å². The largest absolute Gasteiger partial charge is 0.378 e. The third-order valence-corrected chi connectivity index (χ3v) is 4.18. The first-order valence-corrected chi connectivity index (χ1v) is 6.70. The molecule has 1 aliphatic heterocycles. The van der Waals surface area contributed by atoms with Crippen molar-refractivity contribution in [3.63, 3.8) is 0 Å². The van der Waals surface area contributed by atoms with Crippen molar-refractivity contribution in [2.24, 2.45) is 11.3 Å². The van der Waals surface area contributed by atoms with Crippen molar-refractivity contribution in [3.8, 4) is 0 Å². The highest BCUT2D eigenvalue weighted by Gasteiger charge is 2.33. The normalized spacial score (nSPS) is 27.8. The van der Waals surface area contributed by atoms with Gasteiger partial charge in [0.15, 0.2) is 0 Å². The van der Waals surface area contributed by atoms with Crippen LogP contribution in [0.2, 0.25) is 0 Å². The van der Waals surface area contributed by atoms with Gasteiger partial charge in [-0.25, -0.2) is 0 Å². The molecular weight excluding hydrogens is 200 g/mol. The molecule has 1 saturated carbocycles. The Morgan fingerprint density at radius 2 is 2.19 bits per heavy atom.